The van der Waals surface area contributed by atoms with E-state index >= 15 is 0 Å². The summed E-state index contributed by atoms with van der Waals surface area (Å²) in [6.07, 6.45) is -2.79. The molecule has 0 aliphatic carbocycles. The smallest absolute Gasteiger partial charge is 0.403 e. The summed E-state index contributed by atoms with van der Waals surface area (Å²) >= 11 is 11.5. The Hall–Kier alpha value is -2.30. The van der Waals surface area contributed by atoms with Crippen molar-refractivity contribution in [3.05, 3.63) is 68.0 Å². The monoisotopic (exact) mass is 453 g/mol. The van der Waals surface area contributed by atoms with Gasteiger partial charge in [0.2, 0.25) is 0 Å². The van der Waals surface area contributed by atoms with E-state index in [1.165, 1.54) is 36.5 Å². The van der Waals surface area contributed by atoms with Crippen LogP contribution in [0.5, 0.6) is 0 Å². The first-order valence-corrected chi connectivity index (χ1v) is 9.96. The van der Waals surface area contributed by atoms with Crippen molar-refractivity contribution in [1.29, 1.82) is 0 Å². The van der Waals surface area contributed by atoms with Gasteiger partial charge in [0.15, 0.2) is 15.5 Å². The van der Waals surface area contributed by atoms with Gasteiger partial charge >= 0.3 is 6.18 Å². The Balaban J connectivity index is 2.54. The minimum atomic E-state index is -5.06. The van der Waals surface area contributed by atoms with Gasteiger partial charge in [0.1, 0.15) is 9.93 Å². The van der Waals surface area contributed by atoms with Crippen molar-refractivity contribution in [1.82, 2.24) is 4.57 Å². The summed E-state index contributed by atoms with van der Waals surface area (Å²) in [5, 5.41) is -0.155. The van der Waals surface area contributed by atoms with Crippen LogP contribution in [0.3, 0.4) is 0 Å². The molecule has 2 rings (SSSR count). The van der Waals surface area contributed by atoms with E-state index in [0.29, 0.717) is 12.5 Å². The SMILES string of the molecule is CS(=O)(=O)/C(=C/N)C(=Nc1ccc(-n2ccc(Cl)c(Cl)c2=O)cc1)C(F)(F)F. The van der Waals surface area contributed by atoms with E-state index in [-0.39, 0.29) is 21.4 Å². The third-order valence-corrected chi connectivity index (χ3v) is 5.31. The van der Waals surface area contributed by atoms with Crippen LogP contribution in [0.15, 0.2) is 57.4 Å². The van der Waals surface area contributed by atoms with Crippen LogP contribution < -0.4 is 11.3 Å². The maximum atomic E-state index is 13.3. The van der Waals surface area contributed by atoms with Crippen LogP contribution >= 0.6 is 23.2 Å². The number of allylic oxidation sites excluding steroid dienone is 1. The Morgan fingerprint density at radius 1 is 1.18 bits per heavy atom. The van der Waals surface area contributed by atoms with Crippen molar-refractivity contribution >= 4 is 44.4 Å². The van der Waals surface area contributed by atoms with E-state index < -0.39 is 32.2 Å². The van der Waals surface area contributed by atoms with Crippen molar-refractivity contribution in [2.45, 2.75) is 6.18 Å². The van der Waals surface area contributed by atoms with Crippen LogP contribution in [0, 0.1) is 0 Å². The van der Waals surface area contributed by atoms with E-state index in [1.807, 2.05) is 0 Å². The topological polar surface area (TPSA) is 94.5 Å². The van der Waals surface area contributed by atoms with Crippen molar-refractivity contribution in [3.8, 4) is 5.69 Å². The lowest BCUT2D eigenvalue weighted by atomic mass is 10.2. The van der Waals surface area contributed by atoms with Gasteiger partial charge in [-0.25, -0.2) is 13.4 Å². The summed E-state index contributed by atoms with van der Waals surface area (Å²) in [6.45, 7) is 0. The number of nitrogens with two attached hydrogens (primary N) is 1. The lowest BCUT2D eigenvalue weighted by Crippen LogP contribution is -2.29. The fourth-order valence-electron chi connectivity index (χ4n) is 2.15. The highest BCUT2D eigenvalue weighted by molar-refractivity contribution is 7.95. The maximum Gasteiger partial charge on any atom is 0.434 e. The van der Waals surface area contributed by atoms with Gasteiger partial charge in [-0.1, -0.05) is 23.2 Å². The zero-order chi connectivity index (χ0) is 21.3. The average Bonchev–Trinajstić information content (AvgIpc) is 2.58. The Kier molecular flexibility index (Phi) is 6.27. The third-order valence-electron chi connectivity index (χ3n) is 3.41. The molecule has 0 saturated carbocycles. The number of hydrogen-bond donors (Lipinski definition) is 1. The minimum absolute atomic E-state index is 0.0563. The first-order valence-electron chi connectivity index (χ1n) is 7.31. The van der Waals surface area contributed by atoms with Crippen molar-refractivity contribution < 1.29 is 21.6 Å². The number of alkyl halides is 3. The van der Waals surface area contributed by atoms with E-state index in [1.54, 1.807) is 0 Å². The highest BCUT2D eigenvalue weighted by atomic mass is 35.5. The molecule has 150 valence electrons. The Morgan fingerprint density at radius 2 is 1.75 bits per heavy atom. The number of nitrogens with zero attached hydrogens (tertiary/aromatic N) is 2. The van der Waals surface area contributed by atoms with Crippen LogP contribution in [0.25, 0.3) is 5.69 Å². The van der Waals surface area contributed by atoms with E-state index in [4.69, 9.17) is 28.9 Å². The van der Waals surface area contributed by atoms with Crippen molar-refractivity contribution in [3.63, 3.8) is 0 Å². The maximum absolute atomic E-state index is 13.3. The zero-order valence-electron chi connectivity index (χ0n) is 14.0. The Bertz CT molecular complexity index is 1120. The lowest BCUT2D eigenvalue weighted by molar-refractivity contribution is -0.0578. The molecule has 2 N–H and O–H groups in total. The number of benzene rings is 1. The van der Waals surface area contributed by atoms with Gasteiger partial charge in [-0.3, -0.25) is 9.36 Å². The standard InChI is InChI=1S/C16H12Cl2F3N3O3S/c1-28(26,27)12(8-22)14(16(19,20)21)23-9-2-4-10(5-3-9)24-7-6-11(17)13(18)15(24)25/h2-8H,22H2,1H3/b12-8+,23-14?. The molecule has 0 amide bonds. The van der Waals surface area contributed by atoms with Gasteiger partial charge in [-0.05, 0) is 30.3 Å². The van der Waals surface area contributed by atoms with Crippen LogP contribution in [0.2, 0.25) is 10.0 Å². The summed E-state index contributed by atoms with van der Waals surface area (Å²) < 4.78 is 64.2. The molecule has 0 aliphatic heterocycles. The Morgan fingerprint density at radius 3 is 2.21 bits per heavy atom. The highest BCUT2D eigenvalue weighted by Gasteiger charge is 2.41. The van der Waals surface area contributed by atoms with Crippen LogP contribution in [-0.2, 0) is 9.84 Å². The summed E-state index contributed by atoms with van der Waals surface area (Å²) in [5.41, 5.74) is 2.88. The summed E-state index contributed by atoms with van der Waals surface area (Å²) in [4.78, 5) is 14.3. The molecule has 2 aromatic rings. The number of aliphatic imine (C=N–C) groups is 1. The predicted octanol–water partition coefficient (Wildman–Crippen LogP) is 3.62. The van der Waals surface area contributed by atoms with Crippen LogP contribution in [-0.4, -0.2) is 31.1 Å². The average molecular weight is 454 g/mol. The van der Waals surface area contributed by atoms with Gasteiger partial charge in [0.05, 0.1) is 10.7 Å². The number of sulfone groups is 1. The number of hydrogen-bond acceptors (Lipinski definition) is 5. The van der Waals surface area contributed by atoms with Crippen molar-refractivity contribution in [2.75, 3.05) is 6.26 Å². The molecule has 0 aliphatic rings. The lowest BCUT2D eigenvalue weighted by Gasteiger charge is -2.13. The zero-order valence-corrected chi connectivity index (χ0v) is 16.4. The van der Waals surface area contributed by atoms with Gasteiger partial charge < -0.3 is 5.73 Å². The first-order chi connectivity index (χ1) is 12.9. The van der Waals surface area contributed by atoms with E-state index in [2.05, 4.69) is 4.99 Å². The number of halogens is 5. The highest BCUT2D eigenvalue weighted by Crippen LogP contribution is 2.28. The van der Waals surface area contributed by atoms with Crippen molar-refractivity contribution in [2.24, 2.45) is 10.7 Å². The third kappa shape index (κ3) is 4.75. The molecule has 0 bridgehead atoms. The number of aromatic nitrogens is 1. The number of rotatable bonds is 4. The molecule has 0 radical (unpaired) electrons. The van der Waals surface area contributed by atoms with E-state index in [0.717, 1.165) is 4.57 Å². The molecule has 12 heteroatoms. The largest absolute Gasteiger partial charge is 0.434 e. The molecule has 0 atom stereocenters. The molecule has 6 nitrogen and oxygen atoms in total. The molecule has 0 spiro atoms. The quantitative estimate of drug-likeness (QED) is 0.715. The molecule has 1 heterocycles. The van der Waals surface area contributed by atoms with Gasteiger partial charge in [-0.15, -0.1) is 0 Å². The summed E-state index contributed by atoms with van der Waals surface area (Å²) in [7, 11) is -4.27. The van der Waals surface area contributed by atoms with Crippen LogP contribution in [0.4, 0.5) is 18.9 Å². The summed E-state index contributed by atoms with van der Waals surface area (Å²) in [5.74, 6) is 0. The molecular formula is C16H12Cl2F3N3O3S. The fourth-order valence-corrected chi connectivity index (χ4v) is 3.20. The molecule has 1 aromatic carbocycles. The number of pyridine rings is 1. The summed E-state index contributed by atoms with van der Waals surface area (Å²) in [6, 6.07) is 6.35. The second-order valence-electron chi connectivity index (χ2n) is 5.43. The predicted molar refractivity (Wildman–Crippen MR) is 102 cm³/mol. The van der Waals surface area contributed by atoms with Gasteiger partial charge in [0.25, 0.3) is 5.56 Å². The van der Waals surface area contributed by atoms with Gasteiger partial charge in [-0.2, -0.15) is 13.2 Å². The molecule has 0 saturated heterocycles. The fraction of sp³-hybridized carbons (Fsp3) is 0.125. The second-order valence-corrected chi connectivity index (χ2v) is 8.20. The van der Waals surface area contributed by atoms with E-state index in [9.17, 15) is 26.4 Å². The van der Waals surface area contributed by atoms with Gasteiger partial charge in [0, 0.05) is 24.3 Å². The molecule has 0 unspecified atom stereocenters. The first kappa shape index (κ1) is 22.0. The minimum Gasteiger partial charge on any atom is -0.403 e. The molecule has 1 aromatic heterocycles. The molecule has 0 fully saturated rings. The molecule has 28 heavy (non-hydrogen) atoms. The normalized spacial score (nSPS) is 13.6. The second kappa shape index (κ2) is 7.98. The molecular weight excluding hydrogens is 442 g/mol. The Labute approximate surface area is 167 Å². The van der Waals surface area contributed by atoms with Crippen LogP contribution in [0.1, 0.15) is 0 Å².